The van der Waals surface area contributed by atoms with E-state index in [1.54, 1.807) is 38.1 Å². The highest BCUT2D eigenvalue weighted by Crippen LogP contribution is 2.29. The Labute approximate surface area is 172 Å². The molecule has 0 saturated heterocycles. The molecule has 140 valence electrons. The highest BCUT2D eigenvalue weighted by Gasteiger charge is 2.30. The van der Waals surface area contributed by atoms with Gasteiger partial charge in [-0.1, -0.05) is 17.7 Å². The van der Waals surface area contributed by atoms with E-state index in [1.807, 2.05) is 19.1 Å². The van der Waals surface area contributed by atoms with Crippen LogP contribution in [-0.4, -0.2) is 26.6 Å². The summed E-state index contributed by atoms with van der Waals surface area (Å²) in [6, 6.07) is 9.64. The number of nitrogens with zero attached hydrogens (tertiary/aromatic N) is 1. The maximum Gasteiger partial charge on any atom is 0.248 e. The summed E-state index contributed by atoms with van der Waals surface area (Å²) in [6.07, 6.45) is 1.08. The summed E-state index contributed by atoms with van der Waals surface area (Å²) < 4.78 is 27.0. The molecule has 5 nitrogen and oxygen atoms in total. The van der Waals surface area contributed by atoms with E-state index in [4.69, 9.17) is 11.6 Å². The van der Waals surface area contributed by atoms with Gasteiger partial charge in [-0.25, -0.2) is 8.42 Å². The van der Waals surface area contributed by atoms with E-state index in [9.17, 15) is 13.2 Å². The molecule has 0 spiro atoms. The summed E-state index contributed by atoms with van der Waals surface area (Å²) in [4.78, 5) is 12.8. The maximum atomic E-state index is 12.8. The molecule has 0 aliphatic rings. The quantitative estimate of drug-likeness (QED) is 0.613. The number of halogens is 2. The average molecular weight is 507 g/mol. The number of hydrogen-bond donors (Lipinski definition) is 1. The first-order valence-corrected chi connectivity index (χ1v) is 11.1. The summed E-state index contributed by atoms with van der Waals surface area (Å²) in [5.74, 6) is -0.417. The third kappa shape index (κ3) is 4.89. The van der Waals surface area contributed by atoms with Crippen LogP contribution in [0.2, 0.25) is 5.02 Å². The van der Waals surface area contributed by atoms with Crippen molar-refractivity contribution in [1.29, 1.82) is 0 Å². The SMILES string of the molecule is Cc1cc(I)ccc1NC(=O)[C@H](C)N(c1cc(Cl)ccc1C)S(C)(=O)=O. The van der Waals surface area contributed by atoms with E-state index in [0.29, 0.717) is 22.0 Å². The second-order valence-electron chi connectivity index (χ2n) is 6.11. The molecule has 2 aromatic rings. The topological polar surface area (TPSA) is 66.5 Å². The van der Waals surface area contributed by atoms with E-state index in [2.05, 4.69) is 27.9 Å². The average Bonchev–Trinajstić information content (AvgIpc) is 2.52. The molecule has 0 aromatic heterocycles. The van der Waals surface area contributed by atoms with Crippen LogP contribution in [0.15, 0.2) is 36.4 Å². The van der Waals surface area contributed by atoms with Gasteiger partial charge >= 0.3 is 0 Å². The molecule has 2 aromatic carbocycles. The third-order valence-corrected chi connectivity index (χ3v) is 6.08. The summed E-state index contributed by atoms with van der Waals surface area (Å²) in [5, 5.41) is 3.22. The number of carbonyl (C=O) groups is 1. The monoisotopic (exact) mass is 506 g/mol. The fraction of sp³-hybridized carbons (Fsp3) is 0.278. The molecule has 0 aliphatic heterocycles. The Kier molecular flexibility index (Phi) is 6.57. The number of amides is 1. The first kappa shape index (κ1) is 21.0. The van der Waals surface area contributed by atoms with Crippen molar-refractivity contribution in [2.24, 2.45) is 0 Å². The Bertz CT molecular complexity index is 947. The van der Waals surface area contributed by atoms with Gasteiger partial charge in [0.2, 0.25) is 15.9 Å². The summed E-state index contributed by atoms with van der Waals surface area (Å²) >= 11 is 8.23. The number of sulfonamides is 1. The lowest BCUT2D eigenvalue weighted by molar-refractivity contribution is -0.116. The zero-order chi connectivity index (χ0) is 19.6. The van der Waals surface area contributed by atoms with Gasteiger partial charge in [-0.15, -0.1) is 0 Å². The molecule has 2 rings (SSSR count). The van der Waals surface area contributed by atoms with Crippen molar-refractivity contribution in [2.45, 2.75) is 26.8 Å². The minimum atomic E-state index is -3.70. The van der Waals surface area contributed by atoms with Crippen molar-refractivity contribution in [3.63, 3.8) is 0 Å². The molecule has 8 heteroatoms. The molecule has 0 heterocycles. The first-order chi connectivity index (χ1) is 12.0. The van der Waals surface area contributed by atoms with Gasteiger partial charge in [-0.05, 0) is 84.8 Å². The highest BCUT2D eigenvalue weighted by atomic mass is 127. The van der Waals surface area contributed by atoms with Gasteiger partial charge in [0.05, 0.1) is 11.9 Å². The van der Waals surface area contributed by atoms with E-state index in [1.165, 1.54) is 0 Å². The fourth-order valence-electron chi connectivity index (χ4n) is 2.61. The van der Waals surface area contributed by atoms with Crippen LogP contribution in [0.1, 0.15) is 18.1 Å². The van der Waals surface area contributed by atoms with E-state index < -0.39 is 22.0 Å². The van der Waals surface area contributed by atoms with Crippen molar-refractivity contribution >= 4 is 61.5 Å². The van der Waals surface area contributed by atoms with Crippen LogP contribution in [0.25, 0.3) is 0 Å². The van der Waals surface area contributed by atoms with Gasteiger partial charge in [-0.3, -0.25) is 9.10 Å². The van der Waals surface area contributed by atoms with Crippen molar-refractivity contribution in [3.8, 4) is 0 Å². The Morgan fingerprint density at radius 2 is 1.81 bits per heavy atom. The third-order valence-electron chi connectivity index (χ3n) is 3.94. The minimum absolute atomic E-state index is 0.391. The predicted octanol–water partition coefficient (Wildman–Crippen LogP) is 4.35. The number of rotatable bonds is 5. The molecule has 0 aliphatic carbocycles. The van der Waals surface area contributed by atoms with Gasteiger partial charge in [0, 0.05) is 14.3 Å². The van der Waals surface area contributed by atoms with Crippen molar-refractivity contribution in [3.05, 3.63) is 56.1 Å². The van der Waals surface area contributed by atoms with Crippen molar-refractivity contribution in [1.82, 2.24) is 0 Å². The van der Waals surface area contributed by atoms with Gasteiger partial charge in [0.1, 0.15) is 6.04 Å². The molecule has 1 amide bonds. The zero-order valence-electron chi connectivity index (χ0n) is 14.9. The minimum Gasteiger partial charge on any atom is -0.324 e. The number of nitrogens with one attached hydrogen (secondary N) is 1. The highest BCUT2D eigenvalue weighted by molar-refractivity contribution is 14.1. The molecule has 1 atom stereocenters. The molecule has 26 heavy (non-hydrogen) atoms. The number of aryl methyl sites for hydroxylation is 2. The van der Waals surface area contributed by atoms with Crippen molar-refractivity contribution in [2.75, 3.05) is 15.9 Å². The van der Waals surface area contributed by atoms with Gasteiger partial charge < -0.3 is 5.32 Å². The zero-order valence-corrected chi connectivity index (χ0v) is 18.6. The maximum absolute atomic E-state index is 12.8. The summed E-state index contributed by atoms with van der Waals surface area (Å²) in [5.41, 5.74) is 2.66. The van der Waals surface area contributed by atoms with Crippen LogP contribution in [0.3, 0.4) is 0 Å². The molecule has 0 bridgehead atoms. The Morgan fingerprint density at radius 3 is 2.38 bits per heavy atom. The number of carbonyl (C=O) groups excluding carboxylic acids is 1. The summed E-state index contributed by atoms with van der Waals surface area (Å²) in [6.45, 7) is 5.22. The van der Waals surface area contributed by atoms with Crippen molar-refractivity contribution < 1.29 is 13.2 Å². The van der Waals surface area contributed by atoms with Crippen LogP contribution in [0.5, 0.6) is 0 Å². The van der Waals surface area contributed by atoms with Crippen LogP contribution >= 0.6 is 34.2 Å². The second-order valence-corrected chi connectivity index (χ2v) is 9.66. The normalized spacial score (nSPS) is 12.5. The standard InChI is InChI=1S/C18H20ClIN2O3S/c1-11-5-6-14(19)10-17(11)22(26(4,24)25)13(3)18(23)21-16-8-7-15(20)9-12(16)2/h5-10,13H,1-4H3,(H,21,23)/t13-/m0/s1. The molecular formula is C18H20ClIN2O3S. The molecular weight excluding hydrogens is 487 g/mol. The lowest BCUT2D eigenvalue weighted by Gasteiger charge is -2.29. The Hall–Kier alpha value is -1.32. The van der Waals surface area contributed by atoms with E-state index >= 15 is 0 Å². The van der Waals surface area contributed by atoms with E-state index in [-0.39, 0.29) is 0 Å². The molecule has 0 unspecified atom stereocenters. The Morgan fingerprint density at radius 1 is 1.15 bits per heavy atom. The van der Waals surface area contributed by atoms with E-state index in [0.717, 1.165) is 19.7 Å². The van der Waals surface area contributed by atoms with Gasteiger partial charge in [-0.2, -0.15) is 0 Å². The van der Waals surface area contributed by atoms with Crippen LogP contribution in [-0.2, 0) is 14.8 Å². The van der Waals surface area contributed by atoms with Crippen LogP contribution in [0.4, 0.5) is 11.4 Å². The van der Waals surface area contributed by atoms with Crippen LogP contribution < -0.4 is 9.62 Å². The smallest absolute Gasteiger partial charge is 0.248 e. The number of benzene rings is 2. The first-order valence-electron chi connectivity index (χ1n) is 7.83. The second kappa shape index (κ2) is 8.14. The molecule has 0 radical (unpaired) electrons. The predicted molar refractivity (Wildman–Crippen MR) is 115 cm³/mol. The Balaban J connectivity index is 2.39. The lowest BCUT2D eigenvalue weighted by atomic mass is 10.1. The molecule has 1 N–H and O–H groups in total. The van der Waals surface area contributed by atoms with Crippen LogP contribution in [0, 0.1) is 17.4 Å². The van der Waals surface area contributed by atoms with Gasteiger partial charge in [0.15, 0.2) is 0 Å². The van der Waals surface area contributed by atoms with Gasteiger partial charge in [0.25, 0.3) is 0 Å². The number of anilines is 2. The summed E-state index contributed by atoms with van der Waals surface area (Å²) in [7, 11) is -3.70. The molecule has 0 fully saturated rings. The molecule has 0 saturated carbocycles. The lowest BCUT2D eigenvalue weighted by Crippen LogP contribution is -2.45. The number of hydrogen-bond acceptors (Lipinski definition) is 3. The fourth-order valence-corrected chi connectivity index (χ4v) is 4.64. The largest absolute Gasteiger partial charge is 0.324 e.